The fraction of sp³-hybridized carbons (Fsp3) is 0. The smallest absolute Gasteiger partial charge is 0.291 e. The summed E-state index contributed by atoms with van der Waals surface area (Å²) in [4.78, 5) is 11.9. The predicted molar refractivity (Wildman–Crippen MR) is 71.8 cm³/mol. The standard InChI is InChI=1S/C15H11NO3/c17-11-7-5-10(6-8-11)9-14-15(18)16-12-3-1-2-4-13(12)19-14/h1-9,17H,(H,16,18). The number of para-hydroxylation sites is 2. The minimum atomic E-state index is -0.285. The molecule has 0 spiro atoms. The number of benzene rings is 2. The summed E-state index contributed by atoms with van der Waals surface area (Å²) in [7, 11) is 0. The highest BCUT2D eigenvalue weighted by molar-refractivity contribution is 6.08. The van der Waals surface area contributed by atoms with E-state index in [1.807, 2.05) is 12.1 Å². The zero-order valence-corrected chi connectivity index (χ0v) is 9.96. The summed E-state index contributed by atoms with van der Waals surface area (Å²) < 4.78 is 5.56. The SMILES string of the molecule is O=C1Nc2ccccc2OC1=Cc1ccc(O)cc1. The Morgan fingerprint density at radius 1 is 1.05 bits per heavy atom. The number of amides is 1. The third-order valence-electron chi connectivity index (χ3n) is 2.77. The molecule has 1 aliphatic rings. The van der Waals surface area contributed by atoms with Crippen LogP contribution in [0.4, 0.5) is 5.69 Å². The molecule has 0 atom stereocenters. The molecule has 0 saturated carbocycles. The van der Waals surface area contributed by atoms with E-state index in [2.05, 4.69) is 5.32 Å². The van der Waals surface area contributed by atoms with Crippen molar-refractivity contribution in [3.8, 4) is 11.5 Å². The summed E-state index contributed by atoms with van der Waals surface area (Å²) >= 11 is 0. The number of hydrogen-bond donors (Lipinski definition) is 2. The van der Waals surface area contributed by atoms with Gasteiger partial charge >= 0.3 is 0 Å². The van der Waals surface area contributed by atoms with Gasteiger partial charge in [0.25, 0.3) is 5.91 Å². The van der Waals surface area contributed by atoms with Crippen LogP contribution in [0.25, 0.3) is 6.08 Å². The molecule has 0 radical (unpaired) electrons. The average molecular weight is 253 g/mol. The molecule has 0 unspecified atom stereocenters. The number of anilines is 1. The third kappa shape index (κ3) is 2.28. The predicted octanol–water partition coefficient (Wildman–Crippen LogP) is 2.76. The second-order valence-electron chi connectivity index (χ2n) is 4.15. The lowest BCUT2D eigenvalue weighted by molar-refractivity contribution is -0.115. The Labute approximate surface area is 110 Å². The normalized spacial score (nSPS) is 15.6. The third-order valence-corrected chi connectivity index (χ3v) is 2.77. The molecule has 3 rings (SSSR count). The van der Waals surface area contributed by atoms with E-state index in [1.165, 1.54) is 0 Å². The zero-order valence-electron chi connectivity index (χ0n) is 9.96. The van der Waals surface area contributed by atoms with Crippen molar-refractivity contribution in [1.82, 2.24) is 0 Å². The fourth-order valence-electron chi connectivity index (χ4n) is 1.82. The molecule has 0 saturated heterocycles. The Hall–Kier alpha value is -2.75. The number of fused-ring (bicyclic) bond motifs is 1. The van der Waals surface area contributed by atoms with Crippen molar-refractivity contribution in [3.05, 3.63) is 59.9 Å². The maximum atomic E-state index is 11.9. The molecular formula is C15H11NO3. The van der Waals surface area contributed by atoms with Gasteiger partial charge in [-0.3, -0.25) is 4.79 Å². The van der Waals surface area contributed by atoms with E-state index < -0.39 is 0 Å². The van der Waals surface area contributed by atoms with Gasteiger partial charge in [0.15, 0.2) is 11.5 Å². The summed E-state index contributed by atoms with van der Waals surface area (Å²) in [5.74, 6) is 0.741. The van der Waals surface area contributed by atoms with Crippen LogP contribution in [0.3, 0.4) is 0 Å². The molecular weight excluding hydrogens is 242 g/mol. The highest BCUT2D eigenvalue weighted by Gasteiger charge is 2.21. The van der Waals surface area contributed by atoms with Crippen LogP contribution < -0.4 is 10.1 Å². The molecule has 0 aromatic heterocycles. The first-order chi connectivity index (χ1) is 9.22. The second-order valence-corrected chi connectivity index (χ2v) is 4.15. The lowest BCUT2D eigenvalue weighted by Gasteiger charge is -2.19. The molecule has 0 aliphatic carbocycles. The van der Waals surface area contributed by atoms with Gasteiger partial charge in [0.05, 0.1) is 5.69 Å². The van der Waals surface area contributed by atoms with Gasteiger partial charge in [-0.05, 0) is 35.9 Å². The maximum Gasteiger partial charge on any atom is 0.291 e. The maximum absolute atomic E-state index is 11.9. The quantitative estimate of drug-likeness (QED) is 0.768. The van der Waals surface area contributed by atoms with Crippen LogP contribution in [0.15, 0.2) is 54.3 Å². The second kappa shape index (κ2) is 4.49. The zero-order chi connectivity index (χ0) is 13.2. The molecule has 2 aromatic carbocycles. The number of phenols is 1. The molecule has 0 fully saturated rings. The van der Waals surface area contributed by atoms with Crippen LogP contribution >= 0.6 is 0 Å². The molecule has 0 bridgehead atoms. The van der Waals surface area contributed by atoms with Crippen molar-refractivity contribution in [2.75, 3.05) is 5.32 Å². The van der Waals surface area contributed by atoms with E-state index in [-0.39, 0.29) is 17.4 Å². The van der Waals surface area contributed by atoms with Crippen molar-refractivity contribution in [2.45, 2.75) is 0 Å². The van der Waals surface area contributed by atoms with E-state index in [0.717, 1.165) is 5.56 Å². The van der Waals surface area contributed by atoms with E-state index in [9.17, 15) is 9.90 Å². The molecule has 19 heavy (non-hydrogen) atoms. The van der Waals surface area contributed by atoms with Crippen LogP contribution in [0.2, 0.25) is 0 Å². The highest BCUT2D eigenvalue weighted by atomic mass is 16.5. The van der Waals surface area contributed by atoms with Crippen molar-refractivity contribution < 1.29 is 14.6 Å². The van der Waals surface area contributed by atoms with Gasteiger partial charge < -0.3 is 15.2 Å². The van der Waals surface area contributed by atoms with Gasteiger partial charge in [0.1, 0.15) is 5.75 Å². The minimum absolute atomic E-state index is 0.182. The Bertz CT molecular complexity index is 659. The molecule has 4 heteroatoms. The topological polar surface area (TPSA) is 58.6 Å². The van der Waals surface area contributed by atoms with E-state index in [0.29, 0.717) is 11.4 Å². The lowest BCUT2D eigenvalue weighted by atomic mass is 10.1. The minimum Gasteiger partial charge on any atom is -0.508 e. The summed E-state index contributed by atoms with van der Waals surface area (Å²) in [5.41, 5.74) is 1.44. The van der Waals surface area contributed by atoms with Gasteiger partial charge in [0.2, 0.25) is 0 Å². The number of aromatic hydroxyl groups is 1. The number of phenolic OH excluding ortho intramolecular Hbond substituents is 1. The number of carbonyl (C=O) groups is 1. The van der Waals surface area contributed by atoms with Crippen molar-refractivity contribution >= 4 is 17.7 Å². The molecule has 2 N–H and O–H groups in total. The van der Waals surface area contributed by atoms with Crippen LogP contribution in [0, 0.1) is 0 Å². The fourth-order valence-corrected chi connectivity index (χ4v) is 1.82. The van der Waals surface area contributed by atoms with Gasteiger partial charge in [-0.25, -0.2) is 0 Å². The highest BCUT2D eigenvalue weighted by Crippen LogP contribution is 2.30. The van der Waals surface area contributed by atoms with Crippen molar-refractivity contribution in [2.24, 2.45) is 0 Å². The van der Waals surface area contributed by atoms with Crippen molar-refractivity contribution in [1.29, 1.82) is 0 Å². The van der Waals surface area contributed by atoms with Crippen LogP contribution in [0.1, 0.15) is 5.56 Å². The summed E-state index contributed by atoms with van der Waals surface area (Å²) in [5, 5.41) is 12.0. The summed E-state index contributed by atoms with van der Waals surface area (Å²) in [6.07, 6.45) is 1.63. The number of hydrogen-bond acceptors (Lipinski definition) is 3. The number of rotatable bonds is 1. The summed E-state index contributed by atoms with van der Waals surface area (Å²) in [6, 6.07) is 13.8. The Balaban J connectivity index is 1.94. The molecule has 2 aromatic rings. The Kier molecular flexibility index (Phi) is 2.68. The van der Waals surface area contributed by atoms with Gasteiger partial charge in [-0.2, -0.15) is 0 Å². The number of ether oxygens (including phenoxy) is 1. The largest absolute Gasteiger partial charge is 0.508 e. The Morgan fingerprint density at radius 3 is 2.58 bits per heavy atom. The van der Waals surface area contributed by atoms with Gasteiger partial charge in [0, 0.05) is 0 Å². The van der Waals surface area contributed by atoms with Crippen LogP contribution in [0.5, 0.6) is 11.5 Å². The first kappa shape index (κ1) is 11.3. The van der Waals surface area contributed by atoms with E-state index in [4.69, 9.17) is 4.74 Å². The number of carbonyl (C=O) groups excluding carboxylic acids is 1. The summed E-state index contributed by atoms with van der Waals surface area (Å²) in [6.45, 7) is 0. The van der Waals surface area contributed by atoms with E-state index >= 15 is 0 Å². The van der Waals surface area contributed by atoms with Crippen LogP contribution in [-0.4, -0.2) is 11.0 Å². The van der Waals surface area contributed by atoms with Crippen molar-refractivity contribution in [3.63, 3.8) is 0 Å². The van der Waals surface area contributed by atoms with Gasteiger partial charge in [-0.1, -0.05) is 24.3 Å². The molecule has 94 valence electrons. The first-order valence-electron chi connectivity index (χ1n) is 5.81. The van der Waals surface area contributed by atoms with Crippen LogP contribution in [-0.2, 0) is 4.79 Å². The molecule has 1 amide bonds. The lowest BCUT2D eigenvalue weighted by Crippen LogP contribution is -2.23. The van der Waals surface area contributed by atoms with E-state index in [1.54, 1.807) is 42.5 Å². The molecule has 1 heterocycles. The van der Waals surface area contributed by atoms with Gasteiger partial charge in [-0.15, -0.1) is 0 Å². The average Bonchev–Trinajstić information content (AvgIpc) is 2.42. The first-order valence-corrected chi connectivity index (χ1v) is 5.81. The number of nitrogens with one attached hydrogen (secondary N) is 1. The molecule has 1 aliphatic heterocycles. The Morgan fingerprint density at radius 2 is 1.79 bits per heavy atom. The molecule has 4 nitrogen and oxygen atoms in total. The monoisotopic (exact) mass is 253 g/mol.